The molecular weight excluding hydrogens is 304 g/mol. The fourth-order valence-electron chi connectivity index (χ4n) is 3.49. The Morgan fingerprint density at radius 3 is 2.83 bits per heavy atom. The normalized spacial score (nSPS) is 18.5. The van der Waals surface area contributed by atoms with Crippen molar-refractivity contribution in [1.82, 2.24) is 9.97 Å². The summed E-state index contributed by atoms with van der Waals surface area (Å²) in [6, 6.07) is 2.34. The van der Waals surface area contributed by atoms with Gasteiger partial charge in [0.15, 0.2) is 0 Å². The molecule has 2 aromatic heterocycles. The van der Waals surface area contributed by atoms with Gasteiger partial charge in [-0.15, -0.1) is 11.3 Å². The Balaban J connectivity index is 1.85. The van der Waals surface area contributed by atoms with Crippen LogP contribution in [0.1, 0.15) is 54.8 Å². The van der Waals surface area contributed by atoms with Crippen LogP contribution < -0.4 is 4.90 Å². The molecule has 4 rings (SSSR count). The first kappa shape index (κ1) is 14.9. The molecule has 2 aliphatic rings. The molecule has 0 radical (unpaired) electrons. The molecule has 0 amide bonds. The lowest BCUT2D eigenvalue weighted by atomic mass is 9.97. The summed E-state index contributed by atoms with van der Waals surface area (Å²) in [6.07, 6.45) is 7.33. The van der Waals surface area contributed by atoms with Crippen LogP contribution in [0.5, 0.6) is 0 Å². The topological polar surface area (TPSA) is 52.8 Å². The van der Waals surface area contributed by atoms with E-state index < -0.39 is 0 Å². The molecule has 0 bridgehead atoms. The summed E-state index contributed by atoms with van der Waals surface area (Å²) >= 11 is 1.87. The molecule has 0 aliphatic heterocycles. The number of thiophene rings is 1. The van der Waals surface area contributed by atoms with Crippen LogP contribution >= 0.6 is 11.3 Å². The zero-order valence-corrected chi connectivity index (χ0v) is 14.6. The van der Waals surface area contributed by atoms with Gasteiger partial charge < -0.3 is 4.90 Å². The van der Waals surface area contributed by atoms with E-state index >= 15 is 0 Å². The monoisotopic (exact) mass is 326 g/mol. The molecule has 1 saturated carbocycles. The summed E-state index contributed by atoms with van der Waals surface area (Å²) in [6.45, 7) is 2.69. The Hall–Kier alpha value is -1.67. The number of nitrogens with zero attached hydrogens (tertiary/aromatic N) is 4. The van der Waals surface area contributed by atoms with E-state index in [0.29, 0.717) is 5.92 Å². The first-order chi connectivity index (χ1) is 11.2. The van der Waals surface area contributed by atoms with E-state index in [4.69, 9.17) is 15.2 Å². The van der Waals surface area contributed by atoms with E-state index in [1.54, 1.807) is 0 Å². The molecule has 0 N–H and O–H groups in total. The van der Waals surface area contributed by atoms with E-state index in [0.717, 1.165) is 24.6 Å². The lowest BCUT2D eigenvalue weighted by Gasteiger charge is -2.22. The molecule has 1 atom stereocenters. The van der Waals surface area contributed by atoms with Gasteiger partial charge in [0.2, 0.25) is 0 Å². The van der Waals surface area contributed by atoms with Crippen molar-refractivity contribution in [2.45, 2.75) is 51.4 Å². The highest BCUT2D eigenvalue weighted by Gasteiger charge is 2.30. The van der Waals surface area contributed by atoms with Gasteiger partial charge in [0, 0.05) is 24.4 Å². The molecule has 23 heavy (non-hydrogen) atoms. The fraction of sp³-hybridized carbons (Fsp3) is 0.611. The van der Waals surface area contributed by atoms with Crippen LogP contribution in [0.15, 0.2) is 0 Å². The zero-order chi connectivity index (χ0) is 16.0. The number of nitriles is 1. The number of anilines is 1. The van der Waals surface area contributed by atoms with Gasteiger partial charge in [-0.25, -0.2) is 9.97 Å². The van der Waals surface area contributed by atoms with Crippen molar-refractivity contribution in [1.29, 1.82) is 5.26 Å². The Labute approximate surface area is 141 Å². The molecule has 2 heterocycles. The third-order valence-corrected chi connectivity index (χ3v) is 6.07. The van der Waals surface area contributed by atoms with Gasteiger partial charge in [0.1, 0.15) is 16.5 Å². The minimum absolute atomic E-state index is 0.00357. The largest absolute Gasteiger partial charge is 0.358 e. The predicted molar refractivity (Wildman–Crippen MR) is 94.1 cm³/mol. The van der Waals surface area contributed by atoms with E-state index in [1.165, 1.54) is 52.8 Å². The third-order valence-electron chi connectivity index (χ3n) is 4.89. The molecule has 120 valence electrons. The Morgan fingerprint density at radius 2 is 2.09 bits per heavy atom. The number of fused-ring (bicyclic) bond motifs is 3. The first-order valence-corrected chi connectivity index (χ1v) is 9.42. The van der Waals surface area contributed by atoms with Crippen LogP contribution in [0.3, 0.4) is 0 Å². The molecule has 2 aliphatic carbocycles. The van der Waals surface area contributed by atoms with Gasteiger partial charge in [0.05, 0.1) is 17.4 Å². The van der Waals surface area contributed by atoms with Crippen molar-refractivity contribution in [3.05, 3.63) is 16.3 Å². The summed E-state index contributed by atoms with van der Waals surface area (Å²) in [5.74, 6) is 2.63. The van der Waals surface area contributed by atoms with Gasteiger partial charge in [0.25, 0.3) is 0 Å². The summed E-state index contributed by atoms with van der Waals surface area (Å²) in [7, 11) is 2.07. The van der Waals surface area contributed by atoms with Crippen LogP contribution in [0, 0.1) is 17.2 Å². The number of rotatable bonds is 4. The minimum Gasteiger partial charge on any atom is -0.358 e. The second-order valence-electron chi connectivity index (χ2n) is 6.98. The number of aryl methyl sites for hydroxylation is 2. The fourth-order valence-corrected chi connectivity index (χ4v) is 4.76. The van der Waals surface area contributed by atoms with Gasteiger partial charge in [-0.3, -0.25) is 0 Å². The van der Waals surface area contributed by atoms with Crippen LogP contribution in [0.25, 0.3) is 10.2 Å². The van der Waals surface area contributed by atoms with Crippen molar-refractivity contribution in [2.75, 3.05) is 18.5 Å². The van der Waals surface area contributed by atoms with Crippen molar-refractivity contribution in [2.24, 2.45) is 5.92 Å². The van der Waals surface area contributed by atoms with Crippen LogP contribution in [0.2, 0.25) is 0 Å². The highest BCUT2D eigenvalue weighted by Crippen LogP contribution is 2.44. The SMILES string of the molecule is C[C@@H](C#N)CN(C)c1nc(C2CC2)nc2sc3c(c12)CCCC3. The maximum absolute atomic E-state index is 9.14. The van der Waals surface area contributed by atoms with Gasteiger partial charge in [-0.2, -0.15) is 5.26 Å². The third kappa shape index (κ3) is 2.70. The second kappa shape index (κ2) is 5.76. The second-order valence-corrected chi connectivity index (χ2v) is 8.07. The molecule has 5 heteroatoms. The van der Waals surface area contributed by atoms with Crippen molar-refractivity contribution in [3.8, 4) is 6.07 Å². The summed E-state index contributed by atoms with van der Waals surface area (Å²) in [5.41, 5.74) is 1.48. The lowest BCUT2D eigenvalue weighted by molar-refractivity contribution is 0.696. The number of hydrogen-bond acceptors (Lipinski definition) is 5. The van der Waals surface area contributed by atoms with Crippen LogP contribution in [-0.4, -0.2) is 23.6 Å². The predicted octanol–water partition coefficient (Wildman–Crippen LogP) is 4.04. The highest BCUT2D eigenvalue weighted by molar-refractivity contribution is 7.19. The minimum atomic E-state index is 0.00357. The summed E-state index contributed by atoms with van der Waals surface area (Å²) in [4.78, 5) is 14.7. The van der Waals surface area contributed by atoms with Crippen LogP contribution in [-0.2, 0) is 12.8 Å². The summed E-state index contributed by atoms with van der Waals surface area (Å²) in [5, 5.41) is 10.4. The Kier molecular flexibility index (Phi) is 3.73. The highest BCUT2D eigenvalue weighted by atomic mass is 32.1. The smallest absolute Gasteiger partial charge is 0.141 e. The molecule has 0 saturated heterocycles. The average Bonchev–Trinajstić information content (AvgIpc) is 3.34. The quantitative estimate of drug-likeness (QED) is 0.851. The Bertz CT molecular complexity index is 784. The van der Waals surface area contributed by atoms with Gasteiger partial charge >= 0.3 is 0 Å². The average molecular weight is 326 g/mol. The maximum atomic E-state index is 9.14. The standard InChI is InChI=1S/C18H22N4S/c1-11(9-19)10-22(2)17-15-13-5-3-4-6-14(13)23-18(15)21-16(20-17)12-7-8-12/h11-12H,3-8,10H2,1-2H3/t11-/m0/s1. The molecule has 2 aromatic rings. The van der Waals surface area contributed by atoms with Gasteiger partial charge in [-0.1, -0.05) is 0 Å². The van der Waals surface area contributed by atoms with Crippen molar-refractivity contribution in [3.63, 3.8) is 0 Å². The van der Waals surface area contributed by atoms with Crippen molar-refractivity contribution >= 4 is 27.4 Å². The molecule has 0 aromatic carbocycles. The zero-order valence-electron chi connectivity index (χ0n) is 13.8. The molecule has 0 unspecified atom stereocenters. The first-order valence-electron chi connectivity index (χ1n) is 8.60. The number of aromatic nitrogens is 2. The van der Waals surface area contributed by atoms with E-state index in [1.807, 2.05) is 18.3 Å². The van der Waals surface area contributed by atoms with E-state index in [9.17, 15) is 0 Å². The maximum Gasteiger partial charge on any atom is 0.141 e. The molecular formula is C18H22N4S. The molecule has 0 spiro atoms. The van der Waals surface area contributed by atoms with Crippen LogP contribution in [0.4, 0.5) is 5.82 Å². The molecule has 4 nitrogen and oxygen atoms in total. The molecule has 1 fully saturated rings. The Morgan fingerprint density at radius 1 is 1.30 bits per heavy atom. The lowest BCUT2D eigenvalue weighted by Crippen LogP contribution is -2.25. The van der Waals surface area contributed by atoms with E-state index in [-0.39, 0.29) is 5.92 Å². The van der Waals surface area contributed by atoms with Crippen molar-refractivity contribution < 1.29 is 0 Å². The number of hydrogen-bond donors (Lipinski definition) is 0. The van der Waals surface area contributed by atoms with E-state index in [2.05, 4.69) is 18.0 Å². The van der Waals surface area contributed by atoms with Gasteiger partial charge in [-0.05, 0) is 51.0 Å². The summed E-state index contributed by atoms with van der Waals surface area (Å²) < 4.78 is 0.